The van der Waals surface area contributed by atoms with E-state index in [1.54, 1.807) is 13.4 Å². The number of nitrogens with one attached hydrogen (secondary N) is 1. The molecule has 0 amide bonds. The first kappa shape index (κ1) is 13.4. The van der Waals surface area contributed by atoms with Crippen LogP contribution in [0.25, 0.3) is 11.0 Å². The van der Waals surface area contributed by atoms with E-state index in [0.717, 1.165) is 43.8 Å². The minimum absolute atomic E-state index is 0.00831. The maximum absolute atomic E-state index is 5.61. The van der Waals surface area contributed by atoms with Gasteiger partial charge in [0, 0.05) is 26.4 Å². The van der Waals surface area contributed by atoms with E-state index in [1.165, 1.54) is 10.9 Å². The Bertz CT molecular complexity index is 599. The molecule has 5 heteroatoms. The van der Waals surface area contributed by atoms with Gasteiger partial charge in [0.25, 0.3) is 0 Å². The van der Waals surface area contributed by atoms with Gasteiger partial charge in [-0.25, -0.2) is 9.97 Å². The third-order valence-electron chi connectivity index (χ3n) is 4.53. The number of methoxy groups -OCH3 is 1. The predicted molar refractivity (Wildman–Crippen MR) is 80.1 cm³/mol. The molecule has 2 aromatic heterocycles. The van der Waals surface area contributed by atoms with E-state index >= 15 is 0 Å². The van der Waals surface area contributed by atoms with E-state index in [0.29, 0.717) is 0 Å². The summed E-state index contributed by atoms with van der Waals surface area (Å²) in [5.74, 6) is 1.06. The fourth-order valence-electron chi connectivity index (χ4n) is 2.92. The number of hydrogen-bond acceptors (Lipinski definition) is 4. The number of rotatable bonds is 3. The lowest BCUT2D eigenvalue weighted by Crippen LogP contribution is -2.44. The Balaban J connectivity index is 1.93. The Morgan fingerprint density at radius 1 is 1.35 bits per heavy atom. The summed E-state index contributed by atoms with van der Waals surface area (Å²) >= 11 is 0. The van der Waals surface area contributed by atoms with Crippen molar-refractivity contribution in [1.29, 1.82) is 0 Å². The predicted octanol–water partition coefficient (Wildman–Crippen LogP) is 2.53. The molecule has 0 aromatic carbocycles. The molecule has 0 spiro atoms. The molecule has 1 saturated heterocycles. The van der Waals surface area contributed by atoms with Crippen molar-refractivity contribution in [2.45, 2.75) is 38.7 Å². The van der Waals surface area contributed by atoms with Gasteiger partial charge in [0.15, 0.2) is 0 Å². The highest BCUT2D eigenvalue weighted by Crippen LogP contribution is 2.32. The molecular formula is C15H22N4O. The average Bonchev–Trinajstić information content (AvgIpc) is 2.91. The molecule has 0 radical (unpaired) electrons. The summed E-state index contributed by atoms with van der Waals surface area (Å²) in [4.78, 5) is 14.5. The highest BCUT2D eigenvalue weighted by Gasteiger charge is 2.31. The molecule has 0 bridgehead atoms. The number of ether oxygens (including phenoxy) is 1. The van der Waals surface area contributed by atoms with E-state index < -0.39 is 0 Å². The molecule has 0 atom stereocenters. The van der Waals surface area contributed by atoms with E-state index in [9.17, 15) is 0 Å². The Kier molecular flexibility index (Phi) is 3.38. The molecule has 2 aromatic rings. The van der Waals surface area contributed by atoms with Gasteiger partial charge in [-0.05, 0) is 31.7 Å². The fourth-order valence-corrected chi connectivity index (χ4v) is 2.92. The van der Waals surface area contributed by atoms with Crippen LogP contribution in [0.3, 0.4) is 0 Å². The molecule has 108 valence electrons. The van der Waals surface area contributed by atoms with Crippen molar-refractivity contribution < 1.29 is 4.74 Å². The molecule has 5 nitrogen and oxygen atoms in total. The molecule has 0 aliphatic carbocycles. The van der Waals surface area contributed by atoms with Gasteiger partial charge >= 0.3 is 0 Å². The van der Waals surface area contributed by atoms with Gasteiger partial charge in [-0.15, -0.1) is 0 Å². The first-order chi connectivity index (χ1) is 9.67. The van der Waals surface area contributed by atoms with Crippen molar-refractivity contribution >= 4 is 16.9 Å². The minimum atomic E-state index is 0.00831. The number of nitrogens with zero attached hydrogens (tertiary/aromatic N) is 3. The van der Waals surface area contributed by atoms with Gasteiger partial charge in [0.2, 0.25) is 0 Å². The average molecular weight is 274 g/mol. The van der Waals surface area contributed by atoms with Gasteiger partial charge in [0.05, 0.1) is 11.0 Å². The topological polar surface area (TPSA) is 54.0 Å². The molecule has 1 aliphatic heterocycles. The maximum atomic E-state index is 5.61. The Morgan fingerprint density at radius 3 is 2.75 bits per heavy atom. The number of aromatic nitrogens is 3. The Morgan fingerprint density at radius 2 is 2.10 bits per heavy atom. The van der Waals surface area contributed by atoms with Crippen LogP contribution in [-0.2, 0) is 11.2 Å². The van der Waals surface area contributed by atoms with Gasteiger partial charge in [0.1, 0.15) is 17.8 Å². The van der Waals surface area contributed by atoms with Crippen LogP contribution >= 0.6 is 0 Å². The normalized spacial score (nSPS) is 18.6. The summed E-state index contributed by atoms with van der Waals surface area (Å²) in [6, 6.07) is 0. The number of hydrogen-bond donors (Lipinski definition) is 1. The summed E-state index contributed by atoms with van der Waals surface area (Å²) < 4.78 is 5.61. The lowest BCUT2D eigenvalue weighted by molar-refractivity contribution is -0.0133. The van der Waals surface area contributed by atoms with Crippen molar-refractivity contribution in [1.82, 2.24) is 15.0 Å². The third kappa shape index (κ3) is 2.16. The monoisotopic (exact) mass is 274 g/mol. The molecule has 1 fully saturated rings. The highest BCUT2D eigenvalue weighted by atomic mass is 16.5. The first-order valence-electron chi connectivity index (χ1n) is 7.28. The largest absolute Gasteiger partial charge is 0.378 e. The Hall–Kier alpha value is -1.62. The zero-order valence-electron chi connectivity index (χ0n) is 12.4. The van der Waals surface area contributed by atoms with Gasteiger partial charge in [-0.1, -0.05) is 6.92 Å². The number of aryl methyl sites for hydroxylation is 1. The van der Waals surface area contributed by atoms with Crippen LogP contribution in [-0.4, -0.2) is 40.8 Å². The number of fused-ring (bicyclic) bond motifs is 1. The molecule has 0 saturated carbocycles. The van der Waals surface area contributed by atoms with Gasteiger partial charge < -0.3 is 14.6 Å². The Labute approximate surface area is 119 Å². The third-order valence-corrected chi connectivity index (χ3v) is 4.53. The second kappa shape index (κ2) is 5.05. The molecule has 3 heterocycles. The van der Waals surface area contributed by atoms with E-state index in [-0.39, 0.29) is 5.60 Å². The summed E-state index contributed by atoms with van der Waals surface area (Å²) in [7, 11) is 1.81. The highest BCUT2D eigenvalue weighted by molar-refractivity contribution is 5.90. The van der Waals surface area contributed by atoms with Crippen LogP contribution < -0.4 is 4.90 Å². The van der Waals surface area contributed by atoms with Crippen molar-refractivity contribution in [3.8, 4) is 0 Å². The van der Waals surface area contributed by atoms with Gasteiger partial charge in [-0.3, -0.25) is 0 Å². The van der Waals surface area contributed by atoms with E-state index in [2.05, 4.69) is 33.7 Å². The summed E-state index contributed by atoms with van der Waals surface area (Å²) in [6.45, 7) is 6.31. The van der Waals surface area contributed by atoms with E-state index in [1.807, 2.05) is 6.20 Å². The van der Waals surface area contributed by atoms with Crippen molar-refractivity contribution in [3.63, 3.8) is 0 Å². The molecule has 20 heavy (non-hydrogen) atoms. The smallest absolute Gasteiger partial charge is 0.143 e. The SMILES string of the molecule is CCc1c[nH]c2ncnc(N3CCC(C)(OC)CC3)c12. The van der Waals surface area contributed by atoms with Crippen LogP contribution in [0.4, 0.5) is 5.82 Å². The van der Waals surface area contributed by atoms with Crippen LogP contribution in [0, 0.1) is 0 Å². The minimum Gasteiger partial charge on any atom is -0.378 e. The van der Waals surface area contributed by atoms with E-state index in [4.69, 9.17) is 4.74 Å². The fraction of sp³-hybridized carbons (Fsp3) is 0.600. The summed E-state index contributed by atoms with van der Waals surface area (Å²) in [6.07, 6.45) is 6.75. The second-order valence-corrected chi connectivity index (χ2v) is 5.73. The second-order valence-electron chi connectivity index (χ2n) is 5.73. The van der Waals surface area contributed by atoms with Gasteiger partial charge in [-0.2, -0.15) is 0 Å². The van der Waals surface area contributed by atoms with Crippen molar-refractivity contribution in [2.24, 2.45) is 0 Å². The number of anilines is 1. The van der Waals surface area contributed by atoms with Crippen molar-refractivity contribution in [2.75, 3.05) is 25.1 Å². The number of aromatic amines is 1. The van der Waals surface area contributed by atoms with Crippen molar-refractivity contribution in [3.05, 3.63) is 18.1 Å². The van der Waals surface area contributed by atoms with Crippen LogP contribution in [0.1, 0.15) is 32.3 Å². The van der Waals surface area contributed by atoms with Crippen LogP contribution in [0.2, 0.25) is 0 Å². The molecule has 1 aliphatic rings. The molecular weight excluding hydrogens is 252 g/mol. The first-order valence-corrected chi connectivity index (χ1v) is 7.28. The number of piperidine rings is 1. The molecule has 3 rings (SSSR count). The maximum Gasteiger partial charge on any atom is 0.143 e. The molecule has 0 unspecified atom stereocenters. The zero-order valence-corrected chi connectivity index (χ0v) is 12.4. The number of H-pyrrole nitrogens is 1. The van der Waals surface area contributed by atoms with Crippen LogP contribution in [0.15, 0.2) is 12.5 Å². The standard InChI is InChI=1S/C15H22N4O/c1-4-11-9-16-13-12(11)14(18-10-17-13)19-7-5-15(2,20-3)6-8-19/h9-10H,4-8H2,1-3H3,(H,16,17,18). The summed E-state index contributed by atoms with van der Waals surface area (Å²) in [5.41, 5.74) is 2.23. The quantitative estimate of drug-likeness (QED) is 0.934. The van der Waals surface area contributed by atoms with Crippen LogP contribution in [0.5, 0.6) is 0 Å². The molecule has 1 N–H and O–H groups in total. The lowest BCUT2D eigenvalue weighted by atomic mass is 9.93. The zero-order chi connectivity index (χ0) is 14.2. The summed E-state index contributed by atoms with van der Waals surface area (Å²) in [5, 5.41) is 1.18. The lowest BCUT2D eigenvalue weighted by Gasteiger charge is -2.39.